The molecule has 0 aliphatic heterocycles. The van der Waals surface area contributed by atoms with Crippen LogP contribution in [0.25, 0.3) is 79.4 Å². The normalized spacial score (nSPS) is 11.7. The largest absolute Gasteiger partial charge is 0.143 e. The fraction of sp³-hybridized carbons (Fsp3) is 0.353. The van der Waals surface area contributed by atoms with Gasteiger partial charge in [0, 0.05) is 78.1 Å². The zero-order valence-electron chi connectivity index (χ0n) is 45.5. The second-order valence-electron chi connectivity index (χ2n) is 20.5. The monoisotopic (exact) mass is 1180 g/mol. The van der Waals surface area contributed by atoms with Crippen LogP contribution in [0.4, 0.5) is 0 Å². The van der Waals surface area contributed by atoms with E-state index in [1.54, 1.807) is 0 Å². The van der Waals surface area contributed by atoms with E-state index in [9.17, 15) is 0 Å². The molecule has 0 unspecified atom stereocenters. The van der Waals surface area contributed by atoms with Gasteiger partial charge in [0.2, 0.25) is 0 Å². The summed E-state index contributed by atoms with van der Waals surface area (Å²) in [6.07, 6.45) is 25.4. The van der Waals surface area contributed by atoms with Gasteiger partial charge in [-0.25, -0.2) is 0 Å². The van der Waals surface area contributed by atoms with Crippen LogP contribution in [-0.4, -0.2) is 0 Å². The second kappa shape index (κ2) is 28.7. The van der Waals surface area contributed by atoms with E-state index in [2.05, 4.69) is 160 Å². The molecule has 0 spiro atoms. The molecule has 0 fully saturated rings. The SMILES string of the molecule is CCCCCCc1ccsc1-c1ccc(-c2ccc(-c3sc(-c4ccc(Sc5ccc(-c6cc(CCCCCC)c(-c7ccc(-c8ccc(-c9sccc9CCCCCC)s8)s7)s6)cc5)cc4)cc3CCCCCC)s2)s1. The standard InChI is InChI=1S/C68H74S9/c1-5-9-13-17-21-49-41-43-69-65(49)59-37-33-55(72-59)57-35-39-61(74-57)67-51(23-19-15-11-7-3)45-63(76-67)47-25-29-53(30-26-47)71-54-31-27-48(28-32-54)64-46-52(24-20-16-12-8-4)68(77-64)62-40-36-58(75-62)56-34-38-60(73-56)66-50(42-44-70-66)22-18-14-10-6-2/h25-46H,5-24H2,1-4H3. The topological polar surface area (TPSA) is 0 Å². The summed E-state index contributed by atoms with van der Waals surface area (Å²) >= 11 is 17.5. The van der Waals surface area contributed by atoms with Gasteiger partial charge in [0.1, 0.15) is 0 Å². The average molecular weight is 1180 g/mol. The summed E-state index contributed by atoms with van der Waals surface area (Å²) < 4.78 is 0. The Morgan fingerprint density at radius 2 is 0.584 bits per heavy atom. The number of aryl methyl sites for hydroxylation is 4. The predicted octanol–water partition coefficient (Wildman–Crippen LogP) is 26.2. The Labute approximate surface area is 497 Å². The first-order chi connectivity index (χ1) is 38.0. The first-order valence-corrected chi connectivity index (χ1v) is 36.1. The van der Waals surface area contributed by atoms with Crippen LogP contribution in [0.15, 0.2) is 142 Å². The van der Waals surface area contributed by atoms with E-state index < -0.39 is 0 Å². The molecule has 10 rings (SSSR count). The Balaban J connectivity index is 0.814. The van der Waals surface area contributed by atoms with Gasteiger partial charge in [0.25, 0.3) is 0 Å². The molecule has 10 aromatic rings. The third-order valence-electron chi connectivity index (χ3n) is 14.6. The summed E-state index contributed by atoms with van der Waals surface area (Å²) in [6, 6.07) is 47.4. The molecule has 0 saturated heterocycles. The van der Waals surface area contributed by atoms with Gasteiger partial charge in [0.05, 0.1) is 0 Å². The number of hydrogen-bond acceptors (Lipinski definition) is 9. The molecular weight excluding hydrogens is 1110 g/mol. The van der Waals surface area contributed by atoms with Gasteiger partial charge in [0.15, 0.2) is 0 Å². The van der Waals surface area contributed by atoms with Crippen molar-refractivity contribution in [2.45, 2.75) is 166 Å². The second-order valence-corrected chi connectivity index (χ2v) is 29.9. The Kier molecular flexibility index (Phi) is 21.1. The minimum atomic E-state index is 1.14. The van der Waals surface area contributed by atoms with Crippen molar-refractivity contribution in [3.05, 3.63) is 154 Å². The van der Waals surface area contributed by atoms with Crippen molar-refractivity contribution in [3.63, 3.8) is 0 Å². The van der Waals surface area contributed by atoms with E-state index in [0.29, 0.717) is 0 Å². The average Bonchev–Trinajstić information content (AvgIpc) is 4.36. The molecule has 0 radical (unpaired) electrons. The van der Waals surface area contributed by atoms with E-state index >= 15 is 0 Å². The number of hydrogen-bond donors (Lipinski definition) is 0. The maximum Gasteiger partial charge on any atom is 0.0481 e. The lowest BCUT2D eigenvalue weighted by molar-refractivity contribution is 0.668. The van der Waals surface area contributed by atoms with Crippen LogP contribution in [0.1, 0.15) is 153 Å². The highest BCUT2D eigenvalue weighted by Crippen LogP contribution is 2.49. The van der Waals surface area contributed by atoms with E-state index in [0.717, 1.165) is 12.8 Å². The fourth-order valence-corrected chi connectivity index (χ4v) is 20.3. The molecule has 0 N–H and O–H groups in total. The van der Waals surface area contributed by atoms with Crippen molar-refractivity contribution >= 4 is 102 Å². The summed E-state index contributed by atoms with van der Waals surface area (Å²) in [4.78, 5) is 22.4. The third-order valence-corrected chi connectivity index (χ3v) is 25.5. The molecule has 0 nitrogen and oxygen atoms in total. The Morgan fingerprint density at radius 1 is 0.273 bits per heavy atom. The first-order valence-electron chi connectivity index (χ1n) is 28.7. The van der Waals surface area contributed by atoms with Crippen molar-refractivity contribution in [3.8, 4) is 79.4 Å². The number of unbranched alkanes of at least 4 members (excludes halogenated alkanes) is 12. The van der Waals surface area contributed by atoms with Crippen molar-refractivity contribution in [2.24, 2.45) is 0 Å². The number of benzene rings is 2. The minimum Gasteiger partial charge on any atom is -0.143 e. The van der Waals surface area contributed by atoms with E-state index in [1.165, 1.54) is 227 Å². The van der Waals surface area contributed by atoms with E-state index in [-0.39, 0.29) is 0 Å². The molecule has 2 aromatic carbocycles. The lowest BCUT2D eigenvalue weighted by Gasteiger charge is -2.05. The Hall–Kier alpha value is -3.61. The maximum atomic E-state index is 2.51. The highest BCUT2D eigenvalue weighted by Gasteiger charge is 2.20. The fourth-order valence-electron chi connectivity index (χ4n) is 10.3. The van der Waals surface area contributed by atoms with Gasteiger partial charge in [-0.3, -0.25) is 0 Å². The van der Waals surface area contributed by atoms with Crippen LogP contribution in [0.2, 0.25) is 0 Å². The van der Waals surface area contributed by atoms with Crippen molar-refractivity contribution in [1.29, 1.82) is 0 Å². The van der Waals surface area contributed by atoms with Gasteiger partial charge in [-0.05, 0) is 193 Å². The molecule has 0 saturated carbocycles. The Bertz CT molecular complexity index is 3120. The Morgan fingerprint density at radius 3 is 0.922 bits per heavy atom. The summed E-state index contributed by atoms with van der Waals surface area (Å²) in [5, 5.41) is 4.58. The van der Waals surface area contributed by atoms with E-state index in [1.807, 2.05) is 102 Å². The zero-order valence-corrected chi connectivity index (χ0v) is 52.9. The van der Waals surface area contributed by atoms with Crippen molar-refractivity contribution in [1.82, 2.24) is 0 Å². The minimum absolute atomic E-state index is 1.14. The van der Waals surface area contributed by atoms with Gasteiger partial charge in [-0.2, -0.15) is 0 Å². The molecule has 0 bridgehead atoms. The van der Waals surface area contributed by atoms with Crippen LogP contribution in [0.3, 0.4) is 0 Å². The molecule has 0 atom stereocenters. The van der Waals surface area contributed by atoms with Gasteiger partial charge < -0.3 is 0 Å². The highest BCUT2D eigenvalue weighted by molar-refractivity contribution is 7.99. The van der Waals surface area contributed by atoms with Gasteiger partial charge >= 0.3 is 0 Å². The highest BCUT2D eigenvalue weighted by atomic mass is 32.2. The lowest BCUT2D eigenvalue weighted by Crippen LogP contribution is -1.85. The van der Waals surface area contributed by atoms with Gasteiger partial charge in [-0.1, -0.05) is 141 Å². The molecule has 0 aliphatic rings. The summed E-state index contributed by atoms with van der Waals surface area (Å²) in [5.41, 5.74) is 8.70. The zero-order chi connectivity index (χ0) is 52.8. The molecule has 77 heavy (non-hydrogen) atoms. The molecule has 8 aromatic heterocycles. The van der Waals surface area contributed by atoms with Crippen molar-refractivity contribution < 1.29 is 0 Å². The van der Waals surface area contributed by atoms with Crippen LogP contribution >= 0.6 is 102 Å². The number of rotatable bonds is 30. The number of thiophene rings is 8. The van der Waals surface area contributed by atoms with Crippen LogP contribution in [0.5, 0.6) is 0 Å². The molecule has 400 valence electrons. The van der Waals surface area contributed by atoms with Crippen molar-refractivity contribution in [2.75, 3.05) is 0 Å². The molecular formula is C68H74S9. The molecule has 9 heteroatoms. The molecule has 0 aliphatic carbocycles. The maximum absolute atomic E-state index is 2.51. The third kappa shape index (κ3) is 14.7. The smallest absolute Gasteiger partial charge is 0.0481 e. The van der Waals surface area contributed by atoms with Gasteiger partial charge in [-0.15, -0.1) is 90.7 Å². The summed E-state index contributed by atoms with van der Waals surface area (Å²) in [6.45, 7) is 9.21. The predicted molar refractivity (Wildman–Crippen MR) is 355 cm³/mol. The van der Waals surface area contributed by atoms with Crippen LogP contribution in [0, 0.1) is 0 Å². The van der Waals surface area contributed by atoms with Crippen LogP contribution < -0.4 is 0 Å². The summed E-state index contributed by atoms with van der Waals surface area (Å²) in [7, 11) is 0. The molecule has 8 heterocycles. The molecule has 0 amide bonds. The first kappa shape index (κ1) is 56.7. The summed E-state index contributed by atoms with van der Waals surface area (Å²) in [5.74, 6) is 0. The van der Waals surface area contributed by atoms with E-state index in [4.69, 9.17) is 0 Å². The van der Waals surface area contributed by atoms with Crippen LogP contribution in [-0.2, 0) is 25.7 Å². The lowest BCUT2D eigenvalue weighted by atomic mass is 10.0. The quantitative estimate of drug-likeness (QED) is 0.0404.